The Hall–Kier alpha value is -0.790. The van der Waals surface area contributed by atoms with Gasteiger partial charge in [0.15, 0.2) is 0 Å². The van der Waals surface area contributed by atoms with Gasteiger partial charge in [-0.3, -0.25) is 4.79 Å². The Morgan fingerprint density at radius 2 is 2.15 bits per heavy atom. The summed E-state index contributed by atoms with van der Waals surface area (Å²) >= 11 is 0. The van der Waals surface area contributed by atoms with E-state index in [1.807, 2.05) is 20.8 Å². The lowest BCUT2D eigenvalue weighted by Crippen LogP contribution is -2.27. The van der Waals surface area contributed by atoms with Crippen LogP contribution in [0, 0.1) is 5.92 Å². The molecule has 1 aliphatic rings. The van der Waals surface area contributed by atoms with Crippen molar-refractivity contribution in [1.82, 2.24) is 0 Å². The molecule has 1 fully saturated rings. The molecule has 1 saturated carbocycles. The number of allylic oxidation sites excluding steroid dienone is 1. The van der Waals surface area contributed by atoms with E-state index in [1.54, 1.807) is 0 Å². The molecule has 0 aromatic heterocycles. The van der Waals surface area contributed by atoms with Gasteiger partial charge in [-0.05, 0) is 40.0 Å². The highest BCUT2D eigenvalue weighted by Crippen LogP contribution is 2.30. The number of ether oxygens (including phenoxy) is 1. The van der Waals surface area contributed by atoms with Gasteiger partial charge in [-0.1, -0.05) is 12.2 Å². The minimum absolute atomic E-state index is 0.0618. The van der Waals surface area contributed by atoms with E-state index < -0.39 is 0 Å². The Morgan fingerprint density at radius 3 is 2.54 bits per heavy atom. The molecule has 0 spiro atoms. The highest BCUT2D eigenvalue weighted by atomic mass is 16.6. The van der Waals surface area contributed by atoms with Gasteiger partial charge in [0.2, 0.25) is 0 Å². The van der Waals surface area contributed by atoms with Crippen molar-refractivity contribution >= 4 is 5.97 Å². The molecular formula is C11H18O2. The van der Waals surface area contributed by atoms with Gasteiger partial charge < -0.3 is 4.74 Å². The maximum absolute atomic E-state index is 11.5. The SMILES string of the molecule is C=C1CC[C@H](C(=O)OC(C)(C)C)C1. The first-order chi connectivity index (χ1) is 5.88. The zero-order valence-electron chi connectivity index (χ0n) is 8.72. The first kappa shape index (κ1) is 10.3. The van der Waals surface area contributed by atoms with Crippen molar-refractivity contribution in [2.24, 2.45) is 5.92 Å². The van der Waals surface area contributed by atoms with Gasteiger partial charge in [-0.25, -0.2) is 0 Å². The van der Waals surface area contributed by atoms with Crippen molar-refractivity contribution in [2.75, 3.05) is 0 Å². The Labute approximate surface area is 80.0 Å². The number of rotatable bonds is 1. The second kappa shape index (κ2) is 3.52. The summed E-state index contributed by atoms with van der Waals surface area (Å²) in [6, 6.07) is 0. The topological polar surface area (TPSA) is 26.3 Å². The third-order valence-corrected chi connectivity index (χ3v) is 2.12. The van der Waals surface area contributed by atoms with Gasteiger partial charge in [0.25, 0.3) is 0 Å². The standard InChI is InChI=1S/C11H18O2/c1-8-5-6-9(7-8)10(12)13-11(2,3)4/h9H,1,5-7H2,2-4H3/t9-/m0/s1. The number of carbonyl (C=O) groups excluding carboxylic acids is 1. The molecule has 0 radical (unpaired) electrons. The van der Waals surface area contributed by atoms with Crippen molar-refractivity contribution in [3.63, 3.8) is 0 Å². The Bertz CT molecular complexity index is 223. The van der Waals surface area contributed by atoms with Gasteiger partial charge in [0.1, 0.15) is 5.60 Å². The van der Waals surface area contributed by atoms with Gasteiger partial charge in [-0.15, -0.1) is 0 Å². The van der Waals surface area contributed by atoms with Crippen molar-refractivity contribution in [3.05, 3.63) is 12.2 Å². The molecule has 0 bridgehead atoms. The van der Waals surface area contributed by atoms with Crippen molar-refractivity contribution in [3.8, 4) is 0 Å². The predicted molar refractivity (Wildman–Crippen MR) is 52.3 cm³/mol. The predicted octanol–water partition coefficient (Wildman–Crippen LogP) is 2.68. The van der Waals surface area contributed by atoms with Gasteiger partial charge in [0, 0.05) is 0 Å². The largest absolute Gasteiger partial charge is 0.460 e. The monoisotopic (exact) mass is 182 g/mol. The fraction of sp³-hybridized carbons (Fsp3) is 0.727. The third kappa shape index (κ3) is 3.21. The first-order valence-electron chi connectivity index (χ1n) is 4.78. The van der Waals surface area contributed by atoms with Gasteiger partial charge in [0.05, 0.1) is 5.92 Å². The Morgan fingerprint density at radius 1 is 1.54 bits per heavy atom. The van der Waals surface area contributed by atoms with E-state index in [-0.39, 0.29) is 17.5 Å². The van der Waals surface area contributed by atoms with Crippen LogP contribution in [0.2, 0.25) is 0 Å². The fourth-order valence-electron chi connectivity index (χ4n) is 1.52. The summed E-state index contributed by atoms with van der Waals surface area (Å²) in [5.41, 5.74) is 0.817. The highest BCUT2D eigenvalue weighted by molar-refractivity contribution is 5.73. The maximum atomic E-state index is 11.5. The minimum Gasteiger partial charge on any atom is -0.460 e. The van der Waals surface area contributed by atoms with Crippen LogP contribution >= 0.6 is 0 Å². The number of esters is 1. The van der Waals surface area contributed by atoms with E-state index in [0.717, 1.165) is 19.3 Å². The van der Waals surface area contributed by atoms with Crippen LogP contribution in [0.5, 0.6) is 0 Å². The number of hydrogen-bond donors (Lipinski definition) is 0. The van der Waals surface area contributed by atoms with Crippen LogP contribution in [-0.2, 0) is 9.53 Å². The molecular weight excluding hydrogens is 164 g/mol. The van der Waals surface area contributed by atoms with Crippen molar-refractivity contribution in [2.45, 2.75) is 45.6 Å². The van der Waals surface area contributed by atoms with E-state index in [9.17, 15) is 4.79 Å². The maximum Gasteiger partial charge on any atom is 0.309 e. The summed E-state index contributed by atoms with van der Waals surface area (Å²) in [4.78, 5) is 11.5. The molecule has 1 aliphatic carbocycles. The zero-order valence-corrected chi connectivity index (χ0v) is 8.72. The third-order valence-electron chi connectivity index (χ3n) is 2.12. The molecule has 0 aromatic rings. The van der Waals surface area contributed by atoms with Crippen LogP contribution in [0.25, 0.3) is 0 Å². The Balaban J connectivity index is 2.45. The molecule has 0 saturated heterocycles. The van der Waals surface area contributed by atoms with Crippen LogP contribution in [0.4, 0.5) is 0 Å². The summed E-state index contributed by atoms with van der Waals surface area (Å²) in [6.45, 7) is 9.57. The average molecular weight is 182 g/mol. The normalized spacial score (nSPS) is 23.3. The molecule has 1 rings (SSSR count). The summed E-state index contributed by atoms with van der Waals surface area (Å²) in [5, 5.41) is 0. The first-order valence-corrected chi connectivity index (χ1v) is 4.78. The van der Waals surface area contributed by atoms with Crippen molar-refractivity contribution < 1.29 is 9.53 Å². The molecule has 0 heterocycles. The lowest BCUT2D eigenvalue weighted by molar-refractivity contribution is -0.159. The smallest absolute Gasteiger partial charge is 0.309 e. The molecule has 2 heteroatoms. The quantitative estimate of drug-likeness (QED) is 0.460. The Kier molecular flexibility index (Phi) is 2.79. The van der Waals surface area contributed by atoms with E-state index in [0.29, 0.717) is 0 Å². The minimum atomic E-state index is -0.360. The zero-order chi connectivity index (χ0) is 10.1. The van der Waals surface area contributed by atoms with Gasteiger partial charge >= 0.3 is 5.97 Å². The second-order valence-corrected chi connectivity index (χ2v) is 4.72. The van der Waals surface area contributed by atoms with E-state index >= 15 is 0 Å². The van der Waals surface area contributed by atoms with Crippen LogP contribution in [-0.4, -0.2) is 11.6 Å². The van der Waals surface area contributed by atoms with Crippen LogP contribution in [0.1, 0.15) is 40.0 Å². The fourth-order valence-corrected chi connectivity index (χ4v) is 1.52. The number of carbonyl (C=O) groups is 1. The molecule has 74 valence electrons. The van der Waals surface area contributed by atoms with E-state index in [1.165, 1.54) is 5.57 Å². The molecule has 2 nitrogen and oxygen atoms in total. The van der Waals surface area contributed by atoms with Crippen molar-refractivity contribution in [1.29, 1.82) is 0 Å². The average Bonchev–Trinajstić information content (AvgIpc) is 2.31. The lowest BCUT2D eigenvalue weighted by Gasteiger charge is -2.21. The van der Waals surface area contributed by atoms with Crippen LogP contribution in [0.15, 0.2) is 12.2 Å². The van der Waals surface area contributed by atoms with Crippen LogP contribution < -0.4 is 0 Å². The molecule has 13 heavy (non-hydrogen) atoms. The summed E-state index contributed by atoms with van der Waals surface area (Å²) in [5.74, 6) is -0.00197. The highest BCUT2D eigenvalue weighted by Gasteiger charge is 2.29. The summed E-state index contributed by atoms with van der Waals surface area (Å²) < 4.78 is 5.29. The second-order valence-electron chi connectivity index (χ2n) is 4.72. The van der Waals surface area contributed by atoms with Gasteiger partial charge in [-0.2, -0.15) is 0 Å². The molecule has 0 unspecified atom stereocenters. The molecule has 1 atom stereocenters. The molecule has 0 aromatic carbocycles. The molecule has 0 amide bonds. The van der Waals surface area contributed by atoms with Crippen LogP contribution in [0.3, 0.4) is 0 Å². The summed E-state index contributed by atoms with van der Waals surface area (Å²) in [6.07, 6.45) is 2.70. The number of hydrogen-bond acceptors (Lipinski definition) is 2. The lowest BCUT2D eigenvalue weighted by atomic mass is 10.1. The molecule has 0 aliphatic heterocycles. The van der Waals surface area contributed by atoms with E-state index in [4.69, 9.17) is 4.74 Å². The molecule has 0 N–H and O–H groups in total. The summed E-state index contributed by atoms with van der Waals surface area (Å²) in [7, 11) is 0. The van der Waals surface area contributed by atoms with E-state index in [2.05, 4.69) is 6.58 Å².